The summed E-state index contributed by atoms with van der Waals surface area (Å²) in [5, 5.41) is 13.0. The molecular formula is C14H28N2O3. The highest BCUT2D eigenvalue weighted by Crippen LogP contribution is 2.24. The maximum atomic E-state index is 9.77. The Balaban J connectivity index is 1.39. The summed E-state index contributed by atoms with van der Waals surface area (Å²) in [4.78, 5) is 2.38. The van der Waals surface area contributed by atoms with Gasteiger partial charge in [0.15, 0.2) is 0 Å². The Morgan fingerprint density at radius 2 is 2.26 bits per heavy atom. The summed E-state index contributed by atoms with van der Waals surface area (Å²) in [6, 6.07) is 0.807. The van der Waals surface area contributed by atoms with Crippen LogP contribution in [0.5, 0.6) is 0 Å². The molecule has 2 rings (SSSR count). The summed E-state index contributed by atoms with van der Waals surface area (Å²) in [6.07, 6.45) is 4.72. The molecular weight excluding hydrogens is 244 g/mol. The van der Waals surface area contributed by atoms with Gasteiger partial charge in [-0.1, -0.05) is 0 Å². The Kier molecular flexibility index (Phi) is 6.53. The number of nitrogens with one attached hydrogen (secondary N) is 1. The first kappa shape index (κ1) is 15.2. The van der Waals surface area contributed by atoms with Gasteiger partial charge in [-0.3, -0.25) is 0 Å². The van der Waals surface area contributed by atoms with E-state index in [0.717, 1.165) is 38.6 Å². The van der Waals surface area contributed by atoms with E-state index in [-0.39, 0.29) is 6.10 Å². The average molecular weight is 272 g/mol. The number of hydrogen-bond donors (Lipinski definition) is 2. The van der Waals surface area contributed by atoms with Crippen LogP contribution in [0.2, 0.25) is 0 Å². The van der Waals surface area contributed by atoms with E-state index in [1.165, 1.54) is 12.8 Å². The minimum atomic E-state index is -0.423. The summed E-state index contributed by atoms with van der Waals surface area (Å²) in [5.74, 6) is 0. The highest BCUT2D eigenvalue weighted by molar-refractivity contribution is 4.82. The molecule has 0 amide bonds. The van der Waals surface area contributed by atoms with E-state index in [0.29, 0.717) is 19.8 Å². The Morgan fingerprint density at radius 1 is 1.42 bits per heavy atom. The number of aliphatic hydroxyl groups is 1. The van der Waals surface area contributed by atoms with Crippen LogP contribution in [0.1, 0.15) is 25.7 Å². The summed E-state index contributed by atoms with van der Waals surface area (Å²) in [7, 11) is 2.17. The Morgan fingerprint density at radius 3 is 2.95 bits per heavy atom. The van der Waals surface area contributed by atoms with Gasteiger partial charge in [-0.15, -0.1) is 0 Å². The van der Waals surface area contributed by atoms with Gasteiger partial charge in [-0.25, -0.2) is 0 Å². The SMILES string of the molecule is CN(CCNCC(O)COCC1CCCO1)C1CC1. The molecule has 112 valence electrons. The highest BCUT2D eigenvalue weighted by atomic mass is 16.5. The lowest BCUT2D eigenvalue weighted by Crippen LogP contribution is -2.36. The topological polar surface area (TPSA) is 54.0 Å². The van der Waals surface area contributed by atoms with E-state index in [2.05, 4.69) is 17.3 Å². The van der Waals surface area contributed by atoms with Gasteiger partial charge >= 0.3 is 0 Å². The minimum absolute atomic E-state index is 0.243. The van der Waals surface area contributed by atoms with Crippen molar-refractivity contribution in [1.82, 2.24) is 10.2 Å². The normalized spacial score (nSPS) is 25.1. The minimum Gasteiger partial charge on any atom is -0.389 e. The van der Waals surface area contributed by atoms with E-state index >= 15 is 0 Å². The van der Waals surface area contributed by atoms with Crippen LogP contribution in [0.15, 0.2) is 0 Å². The van der Waals surface area contributed by atoms with Gasteiger partial charge in [-0.2, -0.15) is 0 Å². The molecule has 1 aliphatic heterocycles. The zero-order valence-corrected chi connectivity index (χ0v) is 12.0. The van der Waals surface area contributed by atoms with Crippen LogP contribution in [0.4, 0.5) is 0 Å². The number of hydrogen-bond acceptors (Lipinski definition) is 5. The zero-order chi connectivity index (χ0) is 13.5. The first-order chi connectivity index (χ1) is 9.25. The molecule has 0 bridgehead atoms. The van der Waals surface area contributed by atoms with Gasteiger partial charge in [0.2, 0.25) is 0 Å². The molecule has 5 nitrogen and oxygen atoms in total. The Hall–Kier alpha value is -0.200. The molecule has 2 N–H and O–H groups in total. The van der Waals surface area contributed by atoms with Crippen molar-refractivity contribution in [3.8, 4) is 0 Å². The standard InChI is InChI=1S/C14H28N2O3/c1-16(12-4-5-12)7-6-15-9-13(17)10-18-11-14-3-2-8-19-14/h12-15,17H,2-11H2,1H3. The molecule has 2 aliphatic rings. The fraction of sp³-hybridized carbons (Fsp3) is 1.00. The lowest BCUT2D eigenvalue weighted by Gasteiger charge is -2.17. The van der Waals surface area contributed by atoms with Crippen molar-refractivity contribution in [3.05, 3.63) is 0 Å². The molecule has 5 heteroatoms. The van der Waals surface area contributed by atoms with E-state index in [9.17, 15) is 5.11 Å². The maximum Gasteiger partial charge on any atom is 0.0897 e. The molecule has 2 atom stereocenters. The van der Waals surface area contributed by atoms with Crippen molar-refractivity contribution in [2.24, 2.45) is 0 Å². The summed E-state index contributed by atoms with van der Waals surface area (Å²) in [6.45, 7) is 4.44. The molecule has 19 heavy (non-hydrogen) atoms. The fourth-order valence-electron chi connectivity index (χ4n) is 2.39. The van der Waals surface area contributed by atoms with Crippen LogP contribution < -0.4 is 5.32 Å². The number of nitrogens with zero attached hydrogens (tertiary/aromatic N) is 1. The van der Waals surface area contributed by atoms with Gasteiger partial charge in [-0.05, 0) is 32.7 Å². The van der Waals surface area contributed by atoms with Gasteiger partial charge in [0.25, 0.3) is 0 Å². The number of ether oxygens (including phenoxy) is 2. The van der Waals surface area contributed by atoms with E-state index in [4.69, 9.17) is 9.47 Å². The molecule has 1 heterocycles. The van der Waals surface area contributed by atoms with Crippen LogP contribution in [0, 0.1) is 0 Å². The van der Waals surface area contributed by atoms with Gasteiger partial charge in [0.1, 0.15) is 0 Å². The second-order valence-electron chi connectivity index (χ2n) is 5.74. The predicted molar refractivity (Wildman–Crippen MR) is 74.3 cm³/mol. The molecule has 0 radical (unpaired) electrons. The predicted octanol–water partition coefficient (Wildman–Crippen LogP) is 0.227. The van der Waals surface area contributed by atoms with E-state index in [1.807, 2.05) is 0 Å². The molecule has 2 unspecified atom stereocenters. The number of aliphatic hydroxyl groups excluding tert-OH is 1. The van der Waals surface area contributed by atoms with Gasteiger partial charge in [0.05, 0.1) is 25.4 Å². The molecule has 0 spiro atoms. The van der Waals surface area contributed by atoms with Crippen LogP contribution in [-0.4, -0.2) is 74.8 Å². The van der Waals surface area contributed by atoms with Crippen LogP contribution in [0.25, 0.3) is 0 Å². The summed E-state index contributed by atoms with van der Waals surface area (Å²) < 4.78 is 10.9. The van der Waals surface area contributed by atoms with E-state index in [1.54, 1.807) is 0 Å². The van der Waals surface area contributed by atoms with Crippen LogP contribution in [-0.2, 0) is 9.47 Å². The monoisotopic (exact) mass is 272 g/mol. The van der Waals surface area contributed by atoms with Crippen molar-refractivity contribution >= 4 is 0 Å². The number of rotatable bonds is 10. The Bertz CT molecular complexity index is 243. The molecule has 0 aromatic heterocycles. The largest absolute Gasteiger partial charge is 0.389 e. The first-order valence-electron chi connectivity index (χ1n) is 7.54. The van der Waals surface area contributed by atoms with Crippen molar-refractivity contribution < 1.29 is 14.6 Å². The second-order valence-corrected chi connectivity index (χ2v) is 5.74. The van der Waals surface area contributed by atoms with Crippen molar-refractivity contribution in [1.29, 1.82) is 0 Å². The molecule has 2 fully saturated rings. The first-order valence-corrected chi connectivity index (χ1v) is 7.54. The quantitative estimate of drug-likeness (QED) is 0.558. The average Bonchev–Trinajstić information content (AvgIpc) is 3.13. The third-order valence-corrected chi connectivity index (χ3v) is 3.83. The molecule has 0 aromatic carbocycles. The van der Waals surface area contributed by atoms with Gasteiger partial charge in [0, 0.05) is 32.3 Å². The smallest absolute Gasteiger partial charge is 0.0897 e. The molecule has 1 aliphatic carbocycles. The second kappa shape index (κ2) is 8.17. The zero-order valence-electron chi connectivity index (χ0n) is 12.0. The third-order valence-electron chi connectivity index (χ3n) is 3.83. The molecule has 1 saturated heterocycles. The van der Waals surface area contributed by atoms with E-state index < -0.39 is 6.10 Å². The fourth-order valence-corrected chi connectivity index (χ4v) is 2.39. The van der Waals surface area contributed by atoms with Crippen LogP contribution >= 0.6 is 0 Å². The van der Waals surface area contributed by atoms with Gasteiger partial charge < -0.3 is 24.8 Å². The Labute approximate surface area is 116 Å². The van der Waals surface area contributed by atoms with Crippen molar-refractivity contribution in [3.63, 3.8) is 0 Å². The summed E-state index contributed by atoms with van der Waals surface area (Å²) in [5.41, 5.74) is 0. The highest BCUT2D eigenvalue weighted by Gasteiger charge is 2.25. The third kappa shape index (κ3) is 6.19. The summed E-state index contributed by atoms with van der Waals surface area (Å²) >= 11 is 0. The van der Waals surface area contributed by atoms with Crippen molar-refractivity contribution in [2.45, 2.75) is 43.9 Å². The van der Waals surface area contributed by atoms with Crippen LogP contribution in [0.3, 0.4) is 0 Å². The number of likely N-dealkylation sites (N-methyl/N-ethyl adjacent to an activating group) is 1. The molecule has 1 saturated carbocycles. The lowest BCUT2D eigenvalue weighted by atomic mass is 10.2. The maximum absolute atomic E-state index is 9.77. The lowest BCUT2D eigenvalue weighted by molar-refractivity contribution is -0.0164. The van der Waals surface area contributed by atoms with Crippen molar-refractivity contribution in [2.75, 3.05) is 46.5 Å². The molecule has 0 aromatic rings.